The molecule has 1 N–H and O–H groups in total. The van der Waals surface area contributed by atoms with Gasteiger partial charge in [0, 0.05) is 31.0 Å². The molecule has 1 unspecified atom stereocenters. The van der Waals surface area contributed by atoms with Crippen molar-refractivity contribution in [2.75, 3.05) is 40.4 Å². The first-order valence-corrected chi connectivity index (χ1v) is 10.6. The molecule has 8 nitrogen and oxygen atoms in total. The second kappa shape index (κ2) is 10.3. The fourth-order valence-corrected chi connectivity index (χ4v) is 3.92. The van der Waals surface area contributed by atoms with Gasteiger partial charge >= 0.3 is 0 Å². The predicted molar refractivity (Wildman–Crippen MR) is 121 cm³/mol. The van der Waals surface area contributed by atoms with Crippen LogP contribution >= 0.6 is 0 Å². The molecule has 1 aliphatic heterocycles. The summed E-state index contributed by atoms with van der Waals surface area (Å²) >= 11 is 0. The van der Waals surface area contributed by atoms with E-state index in [-0.39, 0.29) is 11.3 Å². The minimum absolute atomic E-state index is 0.0368. The summed E-state index contributed by atoms with van der Waals surface area (Å²) in [4.78, 5) is 33.9. The average Bonchev–Trinajstić information content (AvgIpc) is 3.09. The van der Waals surface area contributed by atoms with Crippen LogP contribution < -0.4 is 9.47 Å². The number of nitrogens with zero attached hydrogens (tertiary/aromatic N) is 3. The van der Waals surface area contributed by atoms with Gasteiger partial charge in [-0.3, -0.25) is 14.6 Å². The second-order valence-electron chi connectivity index (χ2n) is 7.38. The predicted octanol–water partition coefficient (Wildman–Crippen LogP) is 2.86. The van der Waals surface area contributed by atoms with E-state index in [1.54, 1.807) is 42.7 Å². The van der Waals surface area contributed by atoms with E-state index < -0.39 is 17.7 Å². The number of rotatable bonds is 9. The van der Waals surface area contributed by atoms with Gasteiger partial charge in [-0.2, -0.15) is 0 Å². The number of carbonyl (C=O) groups is 2. The normalized spacial score (nSPS) is 17.8. The first kappa shape index (κ1) is 23.3. The molecule has 1 aromatic carbocycles. The zero-order chi connectivity index (χ0) is 23.3. The van der Waals surface area contributed by atoms with Crippen LogP contribution in [0.5, 0.6) is 11.5 Å². The molecule has 2 aromatic rings. The van der Waals surface area contributed by atoms with Crippen LogP contribution in [0.15, 0.2) is 48.3 Å². The molecular formula is C24H29N3O5. The summed E-state index contributed by atoms with van der Waals surface area (Å²) in [6.45, 7) is 6.75. The molecule has 1 atom stereocenters. The van der Waals surface area contributed by atoms with Crippen molar-refractivity contribution in [3.8, 4) is 11.5 Å². The maximum atomic E-state index is 13.1. The average molecular weight is 440 g/mol. The fourth-order valence-electron chi connectivity index (χ4n) is 3.92. The standard InChI is InChI=1S/C24H29N3O5/c1-5-26(6-2)12-13-27-21(17-8-7-11-25-15-17)20(23(29)24(27)30)22(28)16-9-10-18(31-3)19(14-16)32-4/h7-11,14-15,21,28H,5-6,12-13H2,1-4H3/b22-20-. The molecule has 2 heterocycles. The summed E-state index contributed by atoms with van der Waals surface area (Å²) in [6, 6.07) is 7.67. The molecule has 32 heavy (non-hydrogen) atoms. The van der Waals surface area contributed by atoms with Gasteiger partial charge in [-0.1, -0.05) is 19.9 Å². The number of methoxy groups -OCH3 is 2. The third-order valence-corrected chi connectivity index (χ3v) is 5.75. The van der Waals surface area contributed by atoms with E-state index in [9.17, 15) is 14.7 Å². The number of aromatic nitrogens is 1. The maximum absolute atomic E-state index is 13.1. The fraction of sp³-hybridized carbons (Fsp3) is 0.375. The Morgan fingerprint density at radius 1 is 1.12 bits per heavy atom. The lowest BCUT2D eigenvalue weighted by Crippen LogP contribution is -2.38. The van der Waals surface area contributed by atoms with E-state index in [1.165, 1.54) is 19.1 Å². The SMILES string of the molecule is CCN(CC)CCN1C(=O)C(=O)/C(=C(\O)c2ccc(OC)c(OC)c2)C1c1cccnc1. The summed E-state index contributed by atoms with van der Waals surface area (Å²) in [7, 11) is 3.00. The van der Waals surface area contributed by atoms with Crippen LogP contribution in [0.3, 0.4) is 0 Å². The molecule has 0 bridgehead atoms. The van der Waals surface area contributed by atoms with E-state index in [0.29, 0.717) is 35.7 Å². The number of likely N-dealkylation sites (N-methyl/N-ethyl adjacent to an activating group) is 1. The van der Waals surface area contributed by atoms with Crippen molar-refractivity contribution < 1.29 is 24.2 Å². The molecule has 1 saturated heterocycles. The van der Waals surface area contributed by atoms with Gasteiger partial charge in [-0.05, 0) is 42.9 Å². The van der Waals surface area contributed by atoms with E-state index >= 15 is 0 Å². The number of Topliss-reactive ketones (excluding diaryl/α,β-unsaturated/α-hetero) is 1. The highest BCUT2D eigenvalue weighted by Crippen LogP contribution is 2.40. The highest BCUT2D eigenvalue weighted by atomic mass is 16.5. The van der Waals surface area contributed by atoms with Gasteiger partial charge in [0.05, 0.1) is 25.8 Å². The topological polar surface area (TPSA) is 92.2 Å². The summed E-state index contributed by atoms with van der Waals surface area (Å²) < 4.78 is 10.6. The number of amides is 1. The Morgan fingerprint density at radius 2 is 1.84 bits per heavy atom. The second-order valence-corrected chi connectivity index (χ2v) is 7.38. The van der Waals surface area contributed by atoms with Crippen LogP contribution in [0.25, 0.3) is 5.76 Å². The number of ketones is 1. The molecule has 1 fully saturated rings. The molecule has 1 amide bonds. The number of likely N-dealkylation sites (tertiary alicyclic amines) is 1. The highest BCUT2D eigenvalue weighted by molar-refractivity contribution is 6.46. The van der Waals surface area contributed by atoms with Gasteiger partial charge < -0.3 is 24.4 Å². The van der Waals surface area contributed by atoms with Gasteiger partial charge in [0.15, 0.2) is 11.5 Å². The zero-order valence-electron chi connectivity index (χ0n) is 18.9. The molecule has 170 valence electrons. The molecule has 0 saturated carbocycles. The Labute approximate surface area is 188 Å². The molecule has 0 spiro atoms. The first-order valence-electron chi connectivity index (χ1n) is 10.6. The van der Waals surface area contributed by atoms with Crippen LogP contribution in [0.2, 0.25) is 0 Å². The Bertz CT molecular complexity index is 1000. The van der Waals surface area contributed by atoms with Crippen molar-refractivity contribution in [1.29, 1.82) is 0 Å². The Balaban J connectivity index is 2.10. The van der Waals surface area contributed by atoms with Crippen molar-refractivity contribution in [2.45, 2.75) is 19.9 Å². The van der Waals surface area contributed by atoms with Crippen molar-refractivity contribution in [3.05, 3.63) is 59.4 Å². The number of ether oxygens (including phenoxy) is 2. The third-order valence-electron chi connectivity index (χ3n) is 5.75. The van der Waals surface area contributed by atoms with E-state index in [1.807, 2.05) is 13.8 Å². The van der Waals surface area contributed by atoms with Gasteiger partial charge in [0.2, 0.25) is 0 Å². The summed E-state index contributed by atoms with van der Waals surface area (Å²) in [5.41, 5.74) is 1.06. The van der Waals surface area contributed by atoms with E-state index in [2.05, 4.69) is 9.88 Å². The van der Waals surface area contributed by atoms with Crippen LogP contribution in [0.4, 0.5) is 0 Å². The lowest BCUT2D eigenvalue weighted by atomic mass is 9.96. The molecule has 1 aliphatic rings. The van der Waals surface area contributed by atoms with Gasteiger partial charge in [0.1, 0.15) is 5.76 Å². The molecule has 1 aromatic heterocycles. The minimum atomic E-state index is -0.729. The molecule has 8 heteroatoms. The first-order chi connectivity index (χ1) is 15.5. The summed E-state index contributed by atoms with van der Waals surface area (Å²) in [5, 5.41) is 11.2. The Kier molecular flexibility index (Phi) is 7.48. The number of hydrogen-bond donors (Lipinski definition) is 1. The molecule has 3 rings (SSSR count). The van der Waals surface area contributed by atoms with Crippen LogP contribution in [-0.4, -0.2) is 72.0 Å². The zero-order valence-corrected chi connectivity index (χ0v) is 18.9. The van der Waals surface area contributed by atoms with Gasteiger partial charge in [0.25, 0.3) is 11.7 Å². The lowest BCUT2D eigenvalue weighted by molar-refractivity contribution is -0.140. The van der Waals surface area contributed by atoms with Crippen LogP contribution in [0, 0.1) is 0 Å². The molecular weight excluding hydrogens is 410 g/mol. The maximum Gasteiger partial charge on any atom is 0.295 e. The highest BCUT2D eigenvalue weighted by Gasteiger charge is 2.46. The number of carbonyl (C=O) groups excluding carboxylic acids is 2. The van der Waals surface area contributed by atoms with Crippen LogP contribution in [0.1, 0.15) is 31.0 Å². The number of hydrogen-bond acceptors (Lipinski definition) is 7. The molecule has 0 aliphatic carbocycles. The quantitative estimate of drug-likeness (QED) is 0.365. The van der Waals surface area contributed by atoms with Crippen molar-refractivity contribution in [2.24, 2.45) is 0 Å². The summed E-state index contributed by atoms with van der Waals surface area (Å²) in [6.07, 6.45) is 3.24. The minimum Gasteiger partial charge on any atom is -0.507 e. The smallest absolute Gasteiger partial charge is 0.295 e. The van der Waals surface area contributed by atoms with Crippen molar-refractivity contribution in [1.82, 2.24) is 14.8 Å². The Hall–Kier alpha value is -3.39. The number of benzene rings is 1. The van der Waals surface area contributed by atoms with E-state index in [0.717, 1.165) is 13.1 Å². The third kappa shape index (κ3) is 4.45. The Morgan fingerprint density at radius 3 is 2.44 bits per heavy atom. The number of aliphatic hydroxyl groups is 1. The summed E-state index contributed by atoms with van der Waals surface area (Å²) in [5.74, 6) is -0.708. The van der Waals surface area contributed by atoms with Gasteiger partial charge in [-0.25, -0.2) is 0 Å². The number of aliphatic hydroxyl groups excluding tert-OH is 1. The number of pyridine rings is 1. The largest absolute Gasteiger partial charge is 0.507 e. The van der Waals surface area contributed by atoms with Crippen LogP contribution in [-0.2, 0) is 9.59 Å². The van der Waals surface area contributed by atoms with Crippen molar-refractivity contribution in [3.63, 3.8) is 0 Å². The van der Waals surface area contributed by atoms with Crippen molar-refractivity contribution >= 4 is 17.4 Å². The molecule has 0 radical (unpaired) electrons. The van der Waals surface area contributed by atoms with Gasteiger partial charge in [-0.15, -0.1) is 0 Å². The van der Waals surface area contributed by atoms with E-state index in [4.69, 9.17) is 9.47 Å². The monoisotopic (exact) mass is 439 g/mol. The lowest BCUT2D eigenvalue weighted by Gasteiger charge is -2.28.